The first kappa shape index (κ1) is 27.9. The molecular weight excluding hydrogens is 544 g/mol. The fourth-order valence-electron chi connectivity index (χ4n) is 4.40. The van der Waals surface area contributed by atoms with Gasteiger partial charge in [-0.1, -0.05) is 6.58 Å². The number of alkyl halides is 2. The van der Waals surface area contributed by atoms with Crippen molar-refractivity contribution < 1.29 is 27.9 Å². The Morgan fingerprint density at radius 3 is 2.68 bits per heavy atom. The van der Waals surface area contributed by atoms with Crippen LogP contribution in [0.25, 0.3) is 16.9 Å². The monoisotopic (exact) mass is 573 g/mol. The maximum Gasteiger partial charge on any atom is 0.333 e. The molecule has 0 atom stereocenters. The number of rotatable bonds is 11. The second-order valence-corrected chi connectivity index (χ2v) is 9.38. The van der Waals surface area contributed by atoms with Crippen LogP contribution in [0.4, 0.5) is 20.5 Å². The number of anilines is 2. The fourth-order valence-corrected chi connectivity index (χ4v) is 4.40. The quantitative estimate of drug-likeness (QED) is 0.259. The number of carbonyl (C=O) groups excluding carboxylic acids is 3. The van der Waals surface area contributed by atoms with Gasteiger partial charge < -0.3 is 30.5 Å². The van der Waals surface area contributed by atoms with Crippen LogP contribution in [0.5, 0.6) is 0 Å². The molecule has 5 rings (SSSR count). The van der Waals surface area contributed by atoms with Crippen LogP contribution in [0.2, 0.25) is 0 Å². The summed E-state index contributed by atoms with van der Waals surface area (Å²) in [6, 6.07) is -0.198. The molecule has 0 aromatic carbocycles. The molecule has 2 fully saturated rings. The second-order valence-electron chi connectivity index (χ2n) is 9.38. The largest absolute Gasteiger partial charge is 0.378 e. The van der Waals surface area contributed by atoms with E-state index in [1.807, 2.05) is 4.90 Å². The van der Waals surface area contributed by atoms with Crippen LogP contribution < -0.4 is 20.9 Å². The lowest BCUT2D eigenvalue weighted by molar-refractivity contribution is -0.137. The van der Waals surface area contributed by atoms with Crippen molar-refractivity contribution in [2.75, 3.05) is 62.7 Å². The van der Waals surface area contributed by atoms with Gasteiger partial charge in [-0.2, -0.15) is 23.8 Å². The fraction of sp³-hybridized carbons (Fsp3) is 0.458. The first-order valence-electron chi connectivity index (χ1n) is 12.9. The van der Waals surface area contributed by atoms with E-state index < -0.39 is 6.55 Å². The molecule has 0 radical (unpaired) electrons. The highest BCUT2D eigenvalue weighted by atomic mass is 19.3. The molecule has 3 aromatic rings. The van der Waals surface area contributed by atoms with Crippen LogP contribution in [0.1, 0.15) is 13.0 Å². The Bertz CT molecular complexity index is 1430. The maximum absolute atomic E-state index is 13.1. The first-order chi connectivity index (χ1) is 19.8. The number of amides is 3. The Hall–Kier alpha value is -4.67. The van der Waals surface area contributed by atoms with Gasteiger partial charge in [0.05, 0.1) is 43.9 Å². The van der Waals surface area contributed by atoms with Gasteiger partial charge in [0, 0.05) is 39.1 Å². The topological polar surface area (TPSA) is 164 Å². The summed E-state index contributed by atoms with van der Waals surface area (Å²) in [5.74, 6) is -0.0844. The number of likely N-dealkylation sites (tertiary alicyclic amines) is 1. The number of imidazole rings is 1. The number of nitrogens with zero attached hydrogens (tertiary/aromatic N) is 8. The van der Waals surface area contributed by atoms with Crippen LogP contribution >= 0.6 is 0 Å². The van der Waals surface area contributed by atoms with Crippen molar-refractivity contribution in [3.05, 3.63) is 31.4 Å². The minimum Gasteiger partial charge on any atom is -0.378 e. The summed E-state index contributed by atoms with van der Waals surface area (Å²) < 4.78 is 33.7. The normalized spacial score (nSPS) is 15.6. The Morgan fingerprint density at radius 1 is 1.20 bits per heavy atom. The highest BCUT2D eigenvalue weighted by Crippen LogP contribution is 2.26. The van der Waals surface area contributed by atoms with Crippen LogP contribution in [0.3, 0.4) is 0 Å². The highest BCUT2D eigenvalue weighted by molar-refractivity contribution is 5.89. The van der Waals surface area contributed by atoms with Gasteiger partial charge in [-0.05, 0) is 6.08 Å². The van der Waals surface area contributed by atoms with Crippen molar-refractivity contribution in [1.82, 2.24) is 44.8 Å². The molecule has 15 nitrogen and oxygen atoms in total. The summed E-state index contributed by atoms with van der Waals surface area (Å²) >= 11 is 0. The molecule has 0 unspecified atom stereocenters. The van der Waals surface area contributed by atoms with Crippen molar-refractivity contribution in [2.24, 2.45) is 0 Å². The van der Waals surface area contributed by atoms with E-state index >= 15 is 0 Å². The summed E-state index contributed by atoms with van der Waals surface area (Å²) in [5.41, 5.74) is 1.05. The van der Waals surface area contributed by atoms with E-state index in [1.165, 1.54) is 23.3 Å². The maximum atomic E-state index is 13.1. The third kappa shape index (κ3) is 6.40. The van der Waals surface area contributed by atoms with Gasteiger partial charge in [-0.25, -0.2) is 9.67 Å². The number of hydrogen-bond donors (Lipinski definition) is 3. The third-order valence-corrected chi connectivity index (χ3v) is 6.58. The van der Waals surface area contributed by atoms with E-state index in [-0.39, 0.29) is 43.3 Å². The lowest BCUT2D eigenvalue weighted by Gasteiger charge is -2.39. The van der Waals surface area contributed by atoms with Gasteiger partial charge in [0.2, 0.25) is 23.7 Å². The number of ether oxygens (including phenoxy) is 1. The van der Waals surface area contributed by atoms with E-state index in [4.69, 9.17) is 4.74 Å². The number of morpholine rings is 1. The number of hydrogen-bond acceptors (Lipinski definition) is 10. The molecule has 0 spiro atoms. The SMILES string of the molecule is C=CC(=O)NCCC(=O)N1CC(NC(=O)CNc2nc(N3CCOCC3)nc3c2ncn3-c2cnn(C(F)F)c2)C1. The highest BCUT2D eigenvalue weighted by Gasteiger charge is 2.31. The Balaban J connectivity index is 1.23. The Labute approximate surface area is 232 Å². The first-order valence-corrected chi connectivity index (χ1v) is 12.9. The van der Waals surface area contributed by atoms with Crippen molar-refractivity contribution in [3.63, 3.8) is 0 Å². The van der Waals surface area contributed by atoms with Gasteiger partial charge in [0.25, 0.3) is 0 Å². The van der Waals surface area contributed by atoms with E-state index in [9.17, 15) is 23.2 Å². The van der Waals surface area contributed by atoms with Crippen LogP contribution in [0, 0.1) is 0 Å². The van der Waals surface area contributed by atoms with Crippen molar-refractivity contribution in [3.8, 4) is 5.69 Å². The van der Waals surface area contributed by atoms with E-state index in [0.29, 0.717) is 72.7 Å². The average Bonchev–Trinajstić information content (AvgIpc) is 3.61. The minimum absolute atomic E-state index is 0.119. The number of halogens is 2. The average molecular weight is 574 g/mol. The van der Waals surface area contributed by atoms with E-state index in [0.717, 1.165) is 6.08 Å². The van der Waals surface area contributed by atoms with Crippen molar-refractivity contribution in [2.45, 2.75) is 19.0 Å². The molecule has 41 heavy (non-hydrogen) atoms. The van der Waals surface area contributed by atoms with Gasteiger partial charge in [-0.3, -0.25) is 19.0 Å². The Morgan fingerprint density at radius 2 is 1.98 bits per heavy atom. The summed E-state index contributed by atoms with van der Waals surface area (Å²) in [6.07, 6.45) is 5.21. The van der Waals surface area contributed by atoms with Gasteiger partial charge in [0.15, 0.2) is 17.0 Å². The zero-order valence-electron chi connectivity index (χ0n) is 22.0. The summed E-state index contributed by atoms with van der Waals surface area (Å²) in [5, 5.41) is 12.1. The molecule has 218 valence electrons. The molecule has 0 aliphatic carbocycles. The minimum atomic E-state index is -2.79. The molecule has 5 heterocycles. The molecule has 0 saturated carbocycles. The van der Waals surface area contributed by atoms with Crippen LogP contribution in [0.15, 0.2) is 31.4 Å². The summed E-state index contributed by atoms with van der Waals surface area (Å²) in [6.45, 7) is 3.50. The molecule has 17 heteroatoms. The molecule has 2 aliphatic heterocycles. The summed E-state index contributed by atoms with van der Waals surface area (Å²) in [4.78, 5) is 53.2. The van der Waals surface area contributed by atoms with Crippen molar-refractivity contribution >= 4 is 40.7 Å². The molecule has 2 saturated heterocycles. The molecule has 3 N–H and O–H groups in total. The number of fused-ring (bicyclic) bond motifs is 1. The van der Waals surface area contributed by atoms with Crippen LogP contribution in [-0.4, -0.2) is 110 Å². The van der Waals surface area contributed by atoms with Gasteiger partial charge in [0.1, 0.15) is 6.33 Å². The summed E-state index contributed by atoms with van der Waals surface area (Å²) in [7, 11) is 0. The lowest BCUT2D eigenvalue weighted by Crippen LogP contribution is -2.61. The lowest BCUT2D eigenvalue weighted by atomic mass is 10.1. The van der Waals surface area contributed by atoms with E-state index in [1.54, 1.807) is 4.90 Å². The third-order valence-electron chi connectivity index (χ3n) is 6.58. The van der Waals surface area contributed by atoms with Gasteiger partial charge >= 0.3 is 6.55 Å². The van der Waals surface area contributed by atoms with Gasteiger partial charge in [-0.15, -0.1) is 0 Å². The second kappa shape index (κ2) is 12.2. The molecular formula is C24H29F2N11O4. The molecule has 2 aliphatic rings. The standard InChI is InChI=1S/C24H29F2N11O4/c1-2-17(38)27-4-3-19(40)35-11-15(12-35)31-18(39)10-28-21-20-22(33-24(32-21)34-5-7-41-8-6-34)36(14-29-20)16-9-30-37(13-16)23(25)26/h2,9,13-15,23H,1,3-8,10-12H2,(H,27,38)(H,31,39)(H,28,32,33). The Kier molecular flexibility index (Phi) is 8.32. The molecule has 3 amide bonds. The predicted molar refractivity (Wildman–Crippen MR) is 142 cm³/mol. The van der Waals surface area contributed by atoms with Crippen molar-refractivity contribution in [1.29, 1.82) is 0 Å². The van der Waals surface area contributed by atoms with E-state index in [2.05, 4.69) is 42.6 Å². The predicted octanol–water partition coefficient (Wildman–Crippen LogP) is -0.325. The smallest absolute Gasteiger partial charge is 0.333 e. The number of aromatic nitrogens is 6. The number of carbonyl (C=O) groups is 3. The number of nitrogens with one attached hydrogen (secondary N) is 3. The van der Waals surface area contributed by atoms with Crippen LogP contribution in [-0.2, 0) is 19.1 Å². The molecule has 0 bridgehead atoms. The zero-order chi connectivity index (χ0) is 28.9. The molecule has 3 aromatic heterocycles. The zero-order valence-corrected chi connectivity index (χ0v) is 22.0.